The van der Waals surface area contributed by atoms with Gasteiger partial charge in [0.25, 0.3) is 0 Å². The molecule has 2 atom stereocenters. The van der Waals surface area contributed by atoms with Crippen LogP contribution in [0.25, 0.3) is 0 Å². The van der Waals surface area contributed by atoms with Gasteiger partial charge < -0.3 is 0 Å². The molecule has 23 heavy (non-hydrogen) atoms. The van der Waals surface area contributed by atoms with Crippen LogP contribution >= 0.6 is 0 Å². The smallest absolute Gasteiger partial charge is 0.103 e. The average molecular weight is 314 g/mol. The Bertz CT molecular complexity index is 448. The molecule has 0 spiro atoms. The standard InChI is InChI=1S/C22H39B/c1-10-13-19(18(5)17(4)11-2)14-20(12-3)23-15-21(6,7)22(8,9)16-23/h10,12,14,17-18H,1,11,13,15-16H2,2-9H3/b19-14-,20-12+. The van der Waals surface area contributed by atoms with Gasteiger partial charge in [-0.25, -0.2) is 0 Å². The molecule has 1 rings (SSSR count). The number of hydrogen-bond acceptors (Lipinski definition) is 0. The minimum atomic E-state index is 0.417. The van der Waals surface area contributed by atoms with Crippen LogP contribution in [0.15, 0.2) is 35.9 Å². The Kier molecular flexibility index (Phi) is 6.99. The van der Waals surface area contributed by atoms with Gasteiger partial charge in [-0.3, -0.25) is 0 Å². The van der Waals surface area contributed by atoms with E-state index in [0.29, 0.717) is 23.5 Å². The zero-order valence-electron chi connectivity index (χ0n) is 17.0. The van der Waals surface area contributed by atoms with E-state index in [1.807, 2.05) is 0 Å². The summed E-state index contributed by atoms with van der Waals surface area (Å²) < 4.78 is 0. The van der Waals surface area contributed by atoms with Crippen molar-refractivity contribution in [3.8, 4) is 0 Å². The molecule has 1 aliphatic heterocycles. The second-order valence-electron chi connectivity index (χ2n) is 9.05. The van der Waals surface area contributed by atoms with Crippen molar-refractivity contribution >= 4 is 6.71 Å². The Labute approximate surface area is 146 Å². The van der Waals surface area contributed by atoms with E-state index in [9.17, 15) is 0 Å². The SMILES string of the molecule is C=CC/C(=C/C(=C\C)B1CC(C)(C)C(C)(C)C1)C(C)C(C)CC. The molecule has 0 aromatic heterocycles. The molecule has 0 saturated carbocycles. The van der Waals surface area contributed by atoms with Gasteiger partial charge in [0.2, 0.25) is 0 Å². The molecule has 1 saturated heterocycles. The van der Waals surface area contributed by atoms with Crippen LogP contribution in [-0.4, -0.2) is 6.71 Å². The monoisotopic (exact) mass is 314 g/mol. The molecule has 0 aromatic rings. The van der Waals surface area contributed by atoms with Gasteiger partial charge in [-0.15, -0.1) is 6.58 Å². The van der Waals surface area contributed by atoms with E-state index in [4.69, 9.17) is 0 Å². The highest BCUT2D eigenvalue weighted by Crippen LogP contribution is 2.54. The van der Waals surface area contributed by atoms with Gasteiger partial charge in [-0.1, -0.05) is 96.8 Å². The highest BCUT2D eigenvalue weighted by molar-refractivity contribution is 6.68. The molecule has 1 heterocycles. The zero-order chi connectivity index (χ0) is 17.8. The molecule has 1 fully saturated rings. The Morgan fingerprint density at radius 2 is 1.65 bits per heavy atom. The summed E-state index contributed by atoms with van der Waals surface area (Å²) in [7, 11) is 0. The van der Waals surface area contributed by atoms with Gasteiger partial charge in [-0.05, 0) is 36.0 Å². The van der Waals surface area contributed by atoms with Crippen LogP contribution in [0.3, 0.4) is 0 Å². The van der Waals surface area contributed by atoms with Crippen LogP contribution in [-0.2, 0) is 0 Å². The number of rotatable bonds is 7. The van der Waals surface area contributed by atoms with E-state index in [2.05, 4.69) is 80.2 Å². The topological polar surface area (TPSA) is 0 Å². The fraction of sp³-hybridized carbons (Fsp3) is 0.727. The number of hydrogen-bond donors (Lipinski definition) is 0. The molecule has 0 radical (unpaired) electrons. The first kappa shape index (κ1) is 20.3. The van der Waals surface area contributed by atoms with E-state index in [1.54, 1.807) is 11.0 Å². The first-order valence-electron chi connectivity index (χ1n) is 9.57. The molecule has 1 heteroatoms. The quantitative estimate of drug-likeness (QED) is 0.264. The first-order valence-corrected chi connectivity index (χ1v) is 9.57. The van der Waals surface area contributed by atoms with Gasteiger partial charge >= 0.3 is 0 Å². The maximum absolute atomic E-state index is 3.98. The molecule has 130 valence electrons. The Balaban J connectivity index is 3.07. The van der Waals surface area contributed by atoms with Crippen LogP contribution in [0.4, 0.5) is 0 Å². The Morgan fingerprint density at radius 3 is 2.04 bits per heavy atom. The second-order valence-corrected chi connectivity index (χ2v) is 9.05. The summed E-state index contributed by atoms with van der Waals surface area (Å²) in [6.07, 6.45) is 11.8. The lowest BCUT2D eigenvalue weighted by Gasteiger charge is -2.35. The summed E-state index contributed by atoms with van der Waals surface area (Å²) in [6.45, 7) is 23.7. The van der Waals surface area contributed by atoms with E-state index in [0.717, 1.165) is 12.3 Å². The molecule has 2 unspecified atom stereocenters. The van der Waals surface area contributed by atoms with Crippen molar-refractivity contribution in [3.05, 3.63) is 35.9 Å². The van der Waals surface area contributed by atoms with Crippen LogP contribution < -0.4 is 0 Å². The summed E-state index contributed by atoms with van der Waals surface area (Å²) in [5, 5.41) is 0. The first-order chi connectivity index (χ1) is 10.6. The van der Waals surface area contributed by atoms with E-state index in [1.165, 1.54) is 19.1 Å². The average Bonchev–Trinajstić information content (AvgIpc) is 2.69. The summed E-state index contributed by atoms with van der Waals surface area (Å²) in [5.41, 5.74) is 3.95. The minimum absolute atomic E-state index is 0.417. The fourth-order valence-corrected chi connectivity index (χ4v) is 4.01. The Morgan fingerprint density at radius 1 is 1.13 bits per heavy atom. The lowest BCUT2D eigenvalue weighted by atomic mass is 9.41. The maximum atomic E-state index is 3.98. The third kappa shape index (κ3) is 4.64. The lowest BCUT2D eigenvalue weighted by Crippen LogP contribution is -2.24. The van der Waals surface area contributed by atoms with Gasteiger partial charge in [0.1, 0.15) is 0 Å². The maximum Gasteiger partial charge on any atom is 0.176 e. The molecular weight excluding hydrogens is 275 g/mol. The summed E-state index contributed by atoms with van der Waals surface area (Å²) in [4.78, 5) is 0. The van der Waals surface area contributed by atoms with Crippen molar-refractivity contribution in [3.63, 3.8) is 0 Å². The molecule has 0 bridgehead atoms. The predicted octanol–water partition coefficient (Wildman–Crippen LogP) is 7.22. The van der Waals surface area contributed by atoms with E-state index in [-0.39, 0.29) is 0 Å². The van der Waals surface area contributed by atoms with Crippen LogP contribution in [0.1, 0.15) is 68.2 Å². The van der Waals surface area contributed by atoms with Gasteiger partial charge in [0.15, 0.2) is 6.71 Å². The molecule has 0 nitrogen and oxygen atoms in total. The largest absolute Gasteiger partial charge is 0.176 e. The third-order valence-electron chi connectivity index (χ3n) is 6.96. The van der Waals surface area contributed by atoms with Gasteiger partial charge in [0, 0.05) is 0 Å². The van der Waals surface area contributed by atoms with Crippen molar-refractivity contribution < 1.29 is 0 Å². The second kappa shape index (κ2) is 7.91. The van der Waals surface area contributed by atoms with E-state index < -0.39 is 0 Å². The summed E-state index contributed by atoms with van der Waals surface area (Å²) in [6, 6.07) is 0. The molecular formula is C22H39B. The third-order valence-corrected chi connectivity index (χ3v) is 6.96. The van der Waals surface area contributed by atoms with Crippen molar-refractivity contribution in [2.75, 3.05) is 0 Å². The lowest BCUT2D eigenvalue weighted by molar-refractivity contribution is 0.177. The van der Waals surface area contributed by atoms with Crippen molar-refractivity contribution in [1.29, 1.82) is 0 Å². The van der Waals surface area contributed by atoms with Gasteiger partial charge in [-0.2, -0.15) is 0 Å². The van der Waals surface area contributed by atoms with Crippen molar-refractivity contribution in [2.24, 2.45) is 22.7 Å². The van der Waals surface area contributed by atoms with Crippen molar-refractivity contribution in [1.82, 2.24) is 0 Å². The Hall–Kier alpha value is -0.715. The number of allylic oxidation sites excluding steroid dienone is 5. The van der Waals surface area contributed by atoms with Crippen LogP contribution in [0.5, 0.6) is 0 Å². The molecule has 0 aliphatic carbocycles. The van der Waals surface area contributed by atoms with Crippen LogP contribution in [0.2, 0.25) is 12.6 Å². The molecule has 1 aliphatic rings. The van der Waals surface area contributed by atoms with Gasteiger partial charge in [0.05, 0.1) is 0 Å². The summed E-state index contributed by atoms with van der Waals surface area (Å²) >= 11 is 0. The van der Waals surface area contributed by atoms with E-state index >= 15 is 0 Å². The molecule has 0 amide bonds. The highest BCUT2D eigenvalue weighted by Gasteiger charge is 2.48. The normalized spacial score (nSPS) is 23.7. The predicted molar refractivity (Wildman–Crippen MR) is 108 cm³/mol. The summed E-state index contributed by atoms with van der Waals surface area (Å²) in [5.74, 6) is 1.37. The van der Waals surface area contributed by atoms with Crippen LogP contribution in [0, 0.1) is 22.7 Å². The molecule has 0 aromatic carbocycles. The highest BCUT2D eigenvalue weighted by atomic mass is 14.4. The minimum Gasteiger partial charge on any atom is -0.103 e. The van der Waals surface area contributed by atoms with Crippen molar-refractivity contribution in [2.45, 2.75) is 80.9 Å². The fourth-order valence-electron chi connectivity index (χ4n) is 4.01. The zero-order valence-corrected chi connectivity index (χ0v) is 17.0. The molecule has 0 N–H and O–H groups in total.